The lowest BCUT2D eigenvalue weighted by Crippen LogP contribution is -2.51. The molecule has 124 valence electrons. The van der Waals surface area contributed by atoms with Crippen molar-refractivity contribution in [1.29, 1.82) is 0 Å². The molecule has 0 amide bonds. The highest BCUT2D eigenvalue weighted by molar-refractivity contribution is 6.87. The van der Waals surface area contributed by atoms with E-state index in [1.54, 1.807) is 13.0 Å². The Morgan fingerprint density at radius 2 is 1.57 bits per heavy atom. The summed E-state index contributed by atoms with van der Waals surface area (Å²) in [4.78, 5) is 11.2. The quantitative estimate of drug-likeness (QED) is 0.270. The number of carbonyl (C=O) groups excluding carboxylic acids is 1. The molecule has 0 aromatic carbocycles. The second-order valence-corrected chi connectivity index (χ2v) is 19.9. The molecule has 0 heterocycles. The van der Waals surface area contributed by atoms with Crippen LogP contribution in [0.15, 0.2) is 12.2 Å². The van der Waals surface area contributed by atoms with Gasteiger partial charge in [-0.3, -0.25) is 0 Å². The maximum atomic E-state index is 11.2. The number of rotatable bonds is 9. The van der Waals surface area contributed by atoms with E-state index in [1.165, 1.54) is 6.08 Å². The van der Waals surface area contributed by atoms with E-state index in [0.717, 1.165) is 12.5 Å². The summed E-state index contributed by atoms with van der Waals surface area (Å²) in [6, 6.07) is 0.974. The lowest BCUT2D eigenvalue weighted by atomic mass is 10.5. The van der Waals surface area contributed by atoms with Crippen LogP contribution in [0.3, 0.4) is 0 Å². The Kier molecular flexibility index (Phi) is 8.33. The summed E-state index contributed by atoms with van der Waals surface area (Å²) in [6.07, 6.45) is 3.98. The zero-order valence-electron chi connectivity index (χ0n) is 14.9. The molecule has 0 N–H and O–H groups in total. The summed E-state index contributed by atoms with van der Waals surface area (Å²) >= 11 is 0. The molecular weight excluding hydrogens is 316 g/mol. The Bertz CT molecular complexity index is 360. The molecule has 0 bridgehead atoms. The fraction of sp³-hybridized carbons (Fsp3) is 0.786. The average Bonchev–Trinajstić information content (AvgIpc) is 2.19. The summed E-state index contributed by atoms with van der Waals surface area (Å²) in [5.41, 5.74) is 0. The maximum absolute atomic E-state index is 11.2. The van der Waals surface area contributed by atoms with E-state index >= 15 is 0 Å². The predicted octanol–water partition coefficient (Wildman–Crippen LogP) is 4.27. The highest BCUT2D eigenvalue weighted by atomic mass is 28.5. The van der Waals surface area contributed by atoms with Gasteiger partial charge in [0, 0.05) is 6.08 Å². The van der Waals surface area contributed by atoms with Crippen LogP contribution >= 0.6 is 0 Å². The second-order valence-electron chi connectivity index (χ2n) is 7.25. The highest BCUT2D eigenvalue weighted by Crippen LogP contribution is 2.23. The van der Waals surface area contributed by atoms with E-state index in [1.807, 2.05) is 0 Å². The molecule has 0 radical (unpaired) electrons. The molecule has 0 aromatic rings. The van der Waals surface area contributed by atoms with Crippen LogP contribution in [0.5, 0.6) is 0 Å². The molecule has 0 unspecified atom stereocenters. The van der Waals surface area contributed by atoms with Gasteiger partial charge < -0.3 is 13.0 Å². The molecule has 0 aliphatic heterocycles. The molecule has 0 saturated heterocycles. The summed E-state index contributed by atoms with van der Waals surface area (Å²) < 4.78 is 17.7. The third-order valence-electron chi connectivity index (χ3n) is 2.54. The number of hydrogen-bond donors (Lipinski definition) is 0. The van der Waals surface area contributed by atoms with Crippen molar-refractivity contribution in [2.75, 3.05) is 6.61 Å². The van der Waals surface area contributed by atoms with Gasteiger partial charge in [0.2, 0.25) is 0 Å². The molecule has 0 aliphatic carbocycles. The fourth-order valence-electron chi connectivity index (χ4n) is 2.33. The molecule has 4 nitrogen and oxygen atoms in total. The van der Waals surface area contributed by atoms with Crippen molar-refractivity contribution in [2.24, 2.45) is 0 Å². The summed E-state index contributed by atoms with van der Waals surface area (Å²) in [5.74, 6) is -0.269. The smallest absolute Gasteiger partial charge is 0.330 e. The van der Waals surface area contributed by atoms with Gasteiger partial charge in [-0.2, -0.15) is 0 Å². The minimum Gasteiger partial charge on any atom is -0.463 e. The standard InChI is InChI=1S/C14H32O4Si3/c1-9-11-14(15)16-12-10-13-20(5,6)18-21(7,8)17-19(2,3)4/h9,11H,10,12-13H2,1-8H3. The molecule has 0 spiro atoms. The number of carbonyl (C=O) groups is 1. The first-order chi connectivity index (χ1) is 9.37. The van der Waals surface area contributed by atoms with Gasteiger partial charge in [-0.25, -0.2) is 4.79 Å². The Hall–Kier alpha value is -0.219. The van der Waals surface area contributed by atoms with Crippen LogP contribution in [-0.4, -0.2) is 37.8 Å². The Morgan fingerprint density at radius 1 is 1.00 bits per heavy atom. The first-order valence-electron chi connectivity index (χ1n) is 7.57. The predicted molar refractivity (Wildman–Crippen MR) is 95.7 cm³/mol. The molecule has 0 rings (SSSR count). The van der Waals surface area contributed by atoms with Gasteiger partial charge in [0.05, 0.1) is 6.61 Å². The Labute approximate surface area is 133 Å². The van der Waals surface area contributed by atoms with Crippen LogP contribution in [0.2, 0.25) is 51.9 Å². The Balaban J connectivity index is 4.22. The molecule has 0 fully saturated rings. The van der Waals surface area contributed by atoms with Crippen molar-refractivity contribution in [1.82, 2.24) is 0 Å². The normalized spacial score (nSPS) is 13.7. The minimum atomic E-state index is -2.06. The van der Waals surface area contributed by atoms with E-state index in [9.17, 15) is 4.79 Å². The second kappa shape index (κ2) is 8.42. The van der Waals surface area contributed by atoms with E-state index in [2.05, 4.69) is 45.8 Å². The average molecular weight is 349 g/mol. The first-order valence-corrected chi connectivity index (χ1v) is 16.9. The molecule has 0 saturated carbocycles. The van der Waals surface area contributed by atoms with Crippen molar-refractivity contribution in [3.05, 3.63) is 12.2 Å². The number of ether oxygens (including phenoxy) is 1. The van der Waals surface area contributed by atoms with Crippen LogP contribution in [0.25, 0.3) is 0 Å². The van der Waals surface area contributed by atoms with E-state index in [4.69, 9.17) is 13.0 Å². The van der Waals surface area contributed by atoms with E-state index in [0.29, 0.717) is 6.61 Å². The topological polar surface area (TPSA) is 44.8 Å². The molecule has 7 heteroatoms. The monoisotopic (exact) mass is 348 g/mol. The third kappa shape index (κ3) is 12.1. The van der Waals surface area contributed by atoms with Crippen LogP contribution < -0.4 is 0 Å². The zero-order valence-corrected chi connectivity index (χ0v) is 17.9. The molecule has 0 atom stereocenters. The number of hydrogen-bond acceptors (Lipinski definition) is 4. The van der Waals surface area contributed by atoms with Gasteiger partial charge in [0.1, 0.15) is 0 Å². The maximum Gasteiger partial charge on any atom is 0.330 e. The van der Waals surface area contributed by atoms with Crippen molar-refractivity contribution in [2.45, 2.75) is 65.2 Å². The van der Waals surface area contributed by atoms with E-state index in [-0.39, 0.29) is 5.97 Å². The third-order valence-corrected chi connectivity index (χ3v) is 12.7. The van der Waals surface area contributed by atoms with Crippen LogP contribution in [-0.2, 0) is 17.8 Å². The molecular formula is C14H32O4Si3. The summed E-state index contributed by atoms with van der Waals surface area (Å²) in [5, 5.41) is 0. The van der Waals surface area contributed by atoms with E-state index < -0.39 is 25.2 Å². The summed E-state index contributed by atoms with van der Waals surface area (Å²) in [7, 11) is -5.42. The van der Waals surface area contributed by atoms with Crippen LogP contribution in [0, 0.1) is 0 Å². The first kappa shape index (κ1) is 20.8. The molecule has 0 aliphatic rings. The van der Waals surface area contributed by atoms with Gasteiger partial charge in [-0.15, -0.1) is 0 Å². The highest BCUT2D eigenvalue weighted by Gasteiger charge is 2.37. The van der Waals surface area contributed by atoms with Crippen molar-refractivity contribution in [3.63, 3.8) is 0 Å². The number of allylic oxidation sites excluding steroid dienone is 1. The van der Waals surface area contributed by atoms with Gasteiger partial charge in [-0.05, 0) is 65.2 Å². The van der Waals surface area contributed by atoms with Crippen molar-refractivity contribution < 1.29 is 17.8 Å². The lowest BCUT2D eigenvalue weighted by molar-refractivity contribution is -0.137. The fourth-order valence-corrected chi connectivity index (χ4v) is 15.5. The van der Waals surface area contributed by atoms with Crippen LogP contribution in [0.1, 0.15) is 13.3 Å². The molecule has 0 aromatic heterocycles. The zero-order chi connectivity index (χ0) is 16.7. The van der Waals surface area contributed by atoms with Crippen molar-refractivity contribution >= 4 is 31.2 Å². The minimum absolute atomic E-state index is 0.269. The van der Waals surface area contributed by atoms with Gasteiger partial charge in [-0.1, -0.05) is 6.08 Å². The van der Waals surface area contributed by atoms with Gasteiger partial charge in [0.25, 0.3) is 0 Å². The van der Waals surface area contributed by atoms with Crippen molar-refractivity contribution in [3.8, 4) is 0 Å². The Morgan fingerprint density at radius 3 is 2.05 bits per heavy atom. The SMILES string of the molecule is CC=CC(=O)OCCC[Si](C)(C)O[Si](C)(C)O[Si](C)(C)C. The molecule has 21 heavy (non-hydrogen) atoms. The largest absolute Gasteiger partial charge is 0.463 e. The van der Waals surface area contributed by atoms with Crippen LogP contribution in [0.4, 0.5) is 0 Å². The van der Waals surface area contributed by atoms with Gasteiger partial charge in [0.15, 0.2) is 16.6 Å². The van der Waals surface area contributed by atoms with Gasteiger partial charge >= 0.3 is 14.5 Å². The lowest BCUT2D eigenvalue weighted by Gasteiger charge is -2.37. The summed E-state index contributed by atoms with van der Waals surface area (Å²) in [6.45, 7) is 17.5. The number of esters is 1.